The first-order valence-electron chi connectivity index (χ1n) is 4.63. The van der Waals surface area contributed by atoms with Crippen LogP contribution in [0, 0.1) is 0 Å². The first-order valence-corrected chi connectivity index (χ1v) is 5.16. The Morgan fingerprint density at radius 2 is 2.00 bits per heavy atom. The Morgan fingerprint density at radius 1 is 1.35 bits per heavy atom. The molecule has 0 spiro atoms. The third-order valence-electron chi connectivity index (χ3n) is 1.71. The summed E-state index contributed by atoms with van der Waals surface area (Å²) in [5.74, 6) is -0.838. The molecule has 0 aliphatic rings. The number of benzene rings is 1. The van der Waals surface area contributed by atoms with Gasteiger partial charge in [-0.3, -0.25) is 4.79 Å². The van der Waals surface area contributed by atoms with Gasteiger partial charge in [0.2, 0.25) is 5.91 Å². The summed E-state index contributed by atoms with van der Waals surface area (Å²) >= 11 is 5.34. The summed E-state index contributed by atoms with van der Waals surface area (Å²) in [5.41, 5.74) is -0.0417. The van der Waals surface area contributed by atoms with Crippen molar-refractivity contribution in [3.63, 3.8) is 0 Å². The summed E-state index contributed by atoms with van der Waals surface area (Å²) in [5, 5.41) is 2.29. The number of ether oxygens (including phenoxy) is 1. The van der Waals surface area contributed by atoms with Crippen LogP contribution in [0.2, 0.25) is 0 Å². The van der Waals surface area contributed by atoms with Gasteiger partial charge in [0.1, 0.15) is 0 Å². The lowest BCUT2D eigenvalue weighted by atomic mass is 10.3. The maximum Gasteiger partial charge on any atom is 0.573 e. The molecule has 0 unspecified atom stereocenters. The van der Waals surface area contributed by atoms with Crippen LogP contribution >= 0.6 is 11.6 Å². The first-order chi connectivity index (χ1) is 7.92. The monoisotopic (exact) mass is 267 g/mol. The highest BCUT2D eigenvalue weighted by Gasteiger charge is 2.32. The highest BCUT2D eigenvalue weighted by molar-refractivity contribution is 6.19. The fourth-order valence-electron chi connectivity index (χ4n) is 1.08. The van der Waals surface area contributed by atoms with Crippen molar-refractivity contribution >= 4 is 23.2 Å². The van der Waals surface area contributed by atoms with E-state index in [9.17, 15) is 18.0 Å². The molecule has 0 aliphatic carbocycles. The lowest BCUT2D eigenvalue weighted by molar-refractivity contribution is -0.274. The van der Waals surface area contributed by atoms with Crippen molar-refractivity contribution in [3.05, 3.63) is 24.3 Å². The Kier molecular flexibility index (Phi) is 4.62. The second kappa shape index (κ2) is 5.77. The quantitative estimate of drug-likeness (QED) is 0.851. The summed E-state index contributed by atoms with van der Waals surface area (Å²) in [6.07, 6.45) is -4.78. The van der Waals surface area contributed by atoms with E-state index in [0.717, 1.165) is 6.07 Å². The zero-order valence-electron chi connectivity index (χ0n) is 8.55. The number of carbonyl (C=O) groups excluding carboxylic acids is 1. The number of carbonyl (C=O) groups is 1. The number of hydrogen-bond acceptors (Lipinski definition) is 2. The molecule has 3 nitrogen and oxygen atoms in total. The van der Waals surface area contributed by atoms with Gasteiger partial charge >= 0.3 is 6.36 Å². The number of rotatable bonds is 4. The normalized spacial score (nSPS) is 11.1. The molecule has 94 valence electrons. The van der Waals surface area contributed by atoms with Gasteiger partial charge in [0.15, 0.2) is 5.75 Å². The second-order valence-electron chi connectivity index (χ2n) is 3.03. The summed E-state index contributed by atoms with van der Waals surface area (Å²) in [7, 11) is 0. The van der Waals surface area contributed by atoms with E-state index >= 15 is 0 Å². The molecule has 17 heavy (non-hydrogen) atoms. The largest absolute Gasteiger partial charge is 0.573 e. The van der Waals surface area contributed by atoms with Crippen LogP contribution in [0.1, 0.15) is 6.42 Å². The molecule has 0 aromatic heterocycles. The molecule has 0 heterocycles. The zero-order chi connectivity index (χ0) is 12.9. The predicted molar refractivity (Wildman–Crippen MR) is 57.1 cm³/mol. The van der Waals surface area contributed by atoms with Crippen LogP contribution in [0.15, 0.2) is 24.3 Å². The van der Waals surface area contributed by atoms with Crippen molar-refractivity contribution in [1.29, 1.82) is 0 Å². The molecule has 7 heteroatoms. The van der Waals surface area contributed by atoms with Crippen LogP contribution in [0.25, 0.3) is 0 Å². The number of amides is 1. The van der Waals surface area contributed by atoms with Gasteiger partial charge < -0.3 is 10.1 Å². The van der Waals surface area contributed by atoms with E-state index < -0.39 is 18.0 Å². The molecule has 1 amide bonds. The van der Waals surface area contributed by atoms with Crippen LogP contribution in [0.4, 0.5) is 18.9 Å². The topological polar surface area (TPSA) is 38.3 Å². The molecule has 0 fully saturated rings. The van der Waals surface area contributed by atoms with E-state index in [-0.39, 0.29) is 18.0 Å². The Balaban J connectivity index is 2.81. The fourth-order valence-corrected chi connectivity index (χ4v) is 1.25. The van der Waals surface area contributed by atoms with Gasteiger partial charge in [0.25, 0.3) is 0 Å². The van der Waals surface area contributed by atoms with E-state index in [1.165, 1.54) is 18.2 Å². The lowest BCUT2D eigenvalue weighted by Crippen LogP contribution is -2.19. The molecular weight excluding hydrogens is 259 g/mol. The minimum absolute atomic E-state index is 0.0158. The molecule has 1 aromatic rings. The average Bonchev–Trinajstić information content (AvgIpc) is 2.19. The molecular formula is C10H9ClF3NO2. The number of hydrogen-bond donors (Lipinski definition) is 1. The summed E-state index contributed by atoms with van der Waals surface area (Å²) in [4.78, 5) is 11.2. The van der Waals surface area contributed by atoms with Gasteiger partial charge in [0, 0.05) is 12.3 Å². The highest BCUT2D eigenvalue weighted by atomic mass is 35.5. The fraction of sp³-hybridized carbons (Fsp3) is 0.300. The van der Waals surface area contributed by atoms with Gasteiger partial charge in [-0.15, -0.1) is 24.8 Å². The molecule has 0 aliphatic heterocycles. The van der Waals surface area contributed by atoms with Gasteiger partial charge in [0.05, 0.1) is 5.69 Å². The first kappa shape index (κ1) is 13.6. The molecule has 0 radical (unpaired) electrons. The zero-order valence-corrected chi connectivity index (χ0v) is 9.31. The average molecular weight is 268 g/mol. The molecule has 1 aromatic carbocycles. The molecule has 0 saturated heterocycles. The lowest BCUT2D eigenvalue weighted by Gasteiger charge is -2.13. The van der Waals surface area contributed by atoms with E-state index in [0.29, 0.717) is 0 Å². The summed E-state index contributed by atoms with van der Waals surface area (Å²) in [6, 6.07) is 5.29. The van der Waals surface area contributed by atoms with E-state index in [4.69, 9.17) is 11.6 Å². The smallest absolute Gasteiger partial charge is 0.404 e. The van der Waals surface area contributed by atoms with Crippen LogP contribution < -0.4 is 10.1 Å². The Hall–Kier alpha value is -1.43. The van der Waals surface area contributed by atoms with Crippen molar-refractivity contribution in [2.45, 2.75) is 12.8 Å². The molecule has 0 atom stereocenters. The Morgan fingerprint density at radius 3 is 2.59 bits per heavy atom. The van der Waals surface area contributed by atoms with Gasteiger partial charge in [-0.05, 0) is 12.1 Å². The summed E-state index contributed by atoms with van der Waals surface area (Å²) in [6.45, 7) is 0. The van der Waals surface area contributed by atoms with Crippen LogP contribution in [-0.2, 0) is 4.79 Å². The van der Waals surface area contributed by atoms with Crippen molar-refractivity contribution < 1.29 is 22.7 Å². The van der Waals surface area contributed by atoms with Crippen molar-refractivity contribution in [2.24, 2.45) is 0 Å². The molecule has 1 N–H and O–H groups in total. The van der Waals surface area contributed by atoms with E-state index in [1.807, 2.05) is 0 Å². The Labute approximate surface area is 101 Å². The molecule has 0 bridgehead atoms. The van der Waals surface area contributed by atoms with E-state index in [2.05, 4.69) is 10.1 Å². The third-order valence-corrected chi connectivity index (χ3v) is 1.90. The third kappa shape index (κ3) is 4.95. The van der Waals surface area contributed by atoms with Crippen molar-refractivity contribution in [1.82, 2.24) is 0 Å². The number of nitrogens with one attached hydrogen (secondary N) is 1. The Bertz CT molecular complexity index is 395. The molecule has 0 saturated carbocycles. The van der Waals surface area contributed by atoms with Gasteiger partial charge in [-0.25, -0.2) is 0 Å². The van der Waals surface area contributed by atoms with Crippen LogP contribution in [0.3, 0.4) is 0 Å². The number of para-hydroxylation sites is 2. The van der Waals surface area contributed by atoms with Crippen molar-refractivity contribution in [3.8, 4) is 5.75 Å². The number of halogens is 4. The maximum absolute atomic E-state index is 12.1. The standard InChI is InChI=1S/C10H9ClF3NO2/c11-6-5-9(16)15-7-3-1-2-4-8(7)17-10(12,13)14/h1-4H,5-6H2,(H,15,16). The SMILES string of the molecule is O=C(CCCl)Nc1ccccc1OC(F)(F)F. The second-order valence-corrected chi connectivity index (χ2v) is 3.41. The van der Waals surface area contributed by atoms with E-state index in [1.54, 1.807) is 0 Å². The maximum atomic E-state index is 12.1. The molecule has 1 rings (SSSR count). The van der Waals surface area contributed by atoms with Crippen LogP contribution in [0.5, 0.6) is 5.75 Å². The minimum Gasteiger partial charge on any atom is -0.404 e. The van der Waals surface area contributed by atoms with Crippen molar-refractivity contribution in [2.75, 3.05) is 11.2 Å². The number of alkyl halides is 4. The predicted octanol–water partition coefficient (Wildman–Crippen LogP) is 3.15. The van der Waals surface area contributed by atoms with Crippen LogP contribution in [-0.4, -0.2) is 18.1 Å². The number of anilines is 1. The highest BCUT2D eigenvalue weighted by Crippen LogP contribution is 2.29. The summed E-state index contributed by atoms with van der Waals surface area (Å²) < 4.78 is 39.9. The minimum atomic E-state index is -4.80. The van der Waals surface area contributed by atoms with Gasteiger partial charge in [-0.2, -0.15) is 0 Å². The van der Waals surface area contributed by atoms with Gasteiger partial charge in [-0.1, -0.05) is 12.1 Å².